The van der Waals surface area contributed by atoms with E-state index in [2.05, 4.69) is 0 Å². The SMILES string of the molecule is COC(=O)C1=C[C@H]2N(S(=O)(=O)c3ccc(C)cc3)c3c(C)cccc3[C@@]2(O)C[C@H]1c1ccccc1. The highest BCUT2D eigenvalue weighted by molar-refractivity contribution is 7.93. The Morgan fingerprint density at radius 1 is 1.00 bits per heavy atom. The molecule has 0 aromatic heterocycles. The van der Waals surface area contributed by atoms with Gasteiger partial charge in [0.15, 0.2) is 0 Å². The minimum absolute atomic E-state index is 0.125. The Morgan fingerprint density at radius 2 is 1.69 bits per heavy atom. The number of carbonyl (C=O) groups is 1. The van der Waals surface area contributed by atoms with E-state index in [1.807, 2.05) is 56.3 Å². The number of aliphatic hydroxyl groups is 1. The fourth-order valence-corrected chi connectivity index (χ4v) is 7.07. The normalized spacial score (nSPS) is 23.3. The van der Waals surface area contributed by atoms with Crippen LogP contribution in [0.4, 0.5) is 5.69 Å². The van der Waals surface area contributed by atoms with Gasteiger partial charge in [-0.05, 0) is 49.6 Å². The number of fused-ring (bicyclic) bond motifs is 3. The van der Waals surface area contributed by atoms with Crippen LogP contribution < -0.4 is 4.31 Å². The molecule has 0 spiro atoms. The largest absolute Gasteiger partial charge is 0.466 e. The third-order valence-electron chi connectivity index (χ3n) is 7.10. The van der Waals surface area contributed by atoms with Crippen molar-refractivity contribution in [3.8, 4) is 0 Å². The van der Waals surface area contributed by atoms with Crippen LogP contribution in [0.15, 0.2) is 89.3 Å². The maximum atomic E-state index is 14.0. The van der Waals surface area contributed by atoms with Gasteiger partial charge in [-0.2, -0.15) is 0 Å². The molecule has 7 heteroatoms. The van der Waals surface area contributed by atoms with Gasteiger partial charge in [-0.3, -0.25) is 4.31 Å². The second-order valence-corrected chi connectivity index (χ2v) is 11.0. The van der Waals surface area contributed by atoms with Gasteiger partial charge in [0.25, 0.3) is 10.0 Å². The Morgan fingerprint density at radius 3 is 2.34 bits per heavy atom. The van der Waals surface area contributed by atoms with Gasteiger partial charge in [0.1, 0.15) is 5.60 Å². The number of carbonyl (C=O) groups excluding carboxylic acids is 1. The van der Waals surface area contributed by atoms with Gasteiger partial charge in [-0.25, -0.2) is 13.2 Å². The molecule has 3 atom stereocenters. The van der Waals surface area contributed by atoms with Crippen molar-refractivity contribution in [2.45, 2.75) is 42.7 Å². The van der Waals surface area contributed by atoms with Gasteiger partial charge in [-0.15, -0.1) is 0 Å². The molecule has 5 rings (SSSR count). The molecule has 0 saturated carbocycles. The van der Waals surface area contributed by atoms with Crippen molar-refractivity contribution in [1.29, 1.82) is 0 Å². The number of hydrogen-bond donors (Lipinski definition) is 1. The number of sulfonamides is 1. The van der Waals surface area contributed by atoms with Crippen molar-refractivity contribution in [3.05, 3.63) is 107 Å². The van der Waals surface area contributed by atoms with E-state index in [-0.39, 0.29) is 11.3 Å². The molecule has 2 aliphatic rings. The lowest BCUT2D eigenvalue weighted by Crippen LogP contribution is -2.50. The van der Waals surface area contributed by atoms with E-state index in [9.17, 15) is 18.3 Å². The zero-order chi connectivity index (χ0) is 25.0. The molecule has 6 nitrogen and oxygen atoms in total. The summed E-state index contributed by atoms with van der Waals surface area (Å²) in [4.78, 5) is 13.0. The molecule has 0 fully saturated rings. The number of aryl methyl sites for hydroxylation is 2. The predicted octanol–water partition coefficient (Wildman–Crippen LogP) is 4.36. The highest BCUT2D eigenvalue weighted by atomic mass is 32.2. The standard InChI is InChI=1S/C28H27NO5S/c1-18-12-14-21(15-13-18)35(32,33)29-25-16-22(27(30)34-3)23(20-9-5-4-6-10-20)17-28(25,31)24-11-7-8-19(2)26(24)29/h4-16,23,25,31H,17H2,1-3H3/t23-,25+,28-/m0/s1. The second kappa shape index (κ2) is 8.36. The summed E-state index contributed by atoms with van der Waals surface area (Å²) in [5.41, 5.74) is 2.32. The molecule has 0 radical (unpaired) electrons. The first-order valence-corrected chi connectivity index (χ1v) is 12.9. The number of nitrogens with zero attached hydrogens (tertiary/aromatic N) is 1. The van der Waals surface area contributed by atoms with Gasteiger partial charge in [-0.1, -0.05) is 66.2 Å². The molecule has 0 saturated heterocycles. The van der Waals surface area contributed by atoms with Crippen LogP contribution in [0.25, 0.3) is 0 Å². The molecular weight excluding hydrogens is 462 g/mol. The summed E-state index contributed by atoms with van der Waals surface area (Å²) < 4.78 is 34.4. The number of benzene rings is 3. The van der Waals surface area contributed by atoms with E-state index < -0.39 is 33.6 Å². The van der Waals surface area contributed by atoms with Crippen molar-refractivity contribution in [2.75, 3.05) is 11.4 Å². The van der Waals surface area contributed by atoms with Gasteiger partial charge < -0.3 is 9.84 Å². The van der Waals surface area contributed by atoms with E-state index in [4.69, 9.17) is 4.74 Å². The van der Waals surface area contributed by atoms with Crippen LogP contribution in [-0.2, 0) is 25.2 Å². The lowest BCUT2D eigenvalue weighted by Gasteiger charge is -2.40. The summed E-state index contributed by atoms with van der Waals surface area (Å²) in [6.45, 7) is 3.72. The molecule has 0 unspecified atom stereocenters. The molecule has 0 amide bonds. The Kier molecular flexibility index (Phi) is 5.57. The van der Waals surface area contributed by atoms with Crippen molar-refractivity contribution >= 4 is 21.7 Å². The third-order valence-corrected chi connectivity index (χ3v) is 8.89. The van der Waals surface area contributed by atoms with E-state index in [0.29, 0.717) is 16.8 Å². The van der Waals surface area contributed by atoms with Crippen molar-refractivity contribution in [3.63, 3.8) is 0 Å². The lowest BCUT2D eigenvalue weighted by molar-refractivity contribution is -0.137. The average molecular weight is 490 g/mol. The van der Waals surface area contributed by atoms with E-state index in [1.165, 1.54) is 11.4 Å². The summed E-state index contributed by atoms with van der Waals surface area (Å²) in [6.07, 6.45) is 1.72. The Labute approximate surface area is 205 Å². The first-order chi connectivity index (χ1) is 16.7. The Bertz CT molecular complexity index is 1430. The first-order valence-electron chi connectivity index (χ1n) is 11.5. The molecular formula is C28H27NO5S. The predicted molar refractivity (Wildman–Crippen MR) is 134 cm³/mol. The van der Waals surface area contributed by atoms with E-state index >= 15 is 0 Å². The van der Waals surface area contributed by atoms with Crippen LogP contribution in [0.3, 0.4) is 0 Å². The topological polar surface area (TPSA) is 83.9 Å². The first kappa shape index (κ1) is 23.3. The average Bonchev–Trinajstić information content (AvgIpc) is 3.13. The number of methoxy groups -OCH3 is 1. The summed E-state index contributed by atoms with van der Waals surface area (Å²) in [5, 5.41) is 12.2. The summed E-state index contributed by atoms with van der Waals surface area (Å²) in [6, 6.07) is 20.5. The number of para-hydroxylation sites is 1. The summed E-state index contributed by atoms with van der Waals surface area (Å²) >= 11 is 0. The van der Waals surface area contributed by atoms with Crippen LogP contribution in [-0.4, -0.2) is 32.6 Å². The highest BCUT2D eigenvalue weighted by Gasteiger charge is 2.57. The smallest absolute Gasteiger partial charge is 0.334 e. The molecule has 1 N–H and O–H groups in total. The highest BCUT2D eigenvalue weighted by Crippen LogP contribution is 2.55. The van der Waals surface area contributed by atoms with Crippen molar-refractivity contribution in [2.24, 2.45) is 0 Å². The quantitative estimate of drug-likeness (QED) is 0.551. The summed E-state index contributed by atoms with van der Waals surface area (Å²) in [7, 11) is -2.76. The van der Waals surface area contributed by atoms with Crippen LogP contribution in [0, 0.1) is 13.8 Å². The zero-order valence-corrected chi connectivity index (χ0v) is 20.6. The molecule has 1 heterocycles. The molecule has 180 valence electrons. The molecule has 1 aliphatic heterocycles. The molecule has 3 aromatic carbocycles. The van der Waals surface area contributed by atoms with E-state index in [1.54, 1.807) is 36.4 Å². The number of anilines is 1. The molecule has 1 aliphatic carbocycles. The Hall–Kier alpha value is -3.42. The van der Waals surface area contributed by atoms with E-state index in [0.717, 1.165) is 16.7 Å². The second-order valence-electron chi connectivity index (χ2n) is 9.24. The monoisotopic (exact) mass is 489 g/mol. The van der Waals surface area contributed by atoms with Gasteiger partial charge >= 0.3 is 5.97 Å². The molecule has 35 heavy (non-hydrogen) atoms. The lowest BCUT2D eigenvalue weighted by atomic mass is 9.71. The van der Waals surface area contributed by atoms with Crippen LogP contribution in [0.1, 0.15) is 34.6 Å². The summed E-state index contributed by atoms with van der Waals surface area (Å²) in [5.74, 6) is -0.999. The van der Waals surface area contributed by atoms with Crippen LogP contribution in [0.2, 0.25) is 0 Å². The van der Waals surface area contributed by atoms with Gasteiger partial charge in [0.2, 0.25) is 0 Å². The number of hydrogen-bond acceptors (Lipinski definition) is 5. The third kappa shape index (κ3) is 3.58. The zero-order valence-electron chi connectivity index (χ0n) is 19.8. The van der Waals surface area contributed by atoms with Gasteiger partial charge in [0.05, 0.1) is 23.7 Å². The number of esters is 1. The fourth-order valence-electron chi connectivity index (χ4n) is 5.34. The number of rotatable bonds is 4. The van der Waals surface area contributed by atoms with Crippen molar-refractivity contribution < 1.29 is 23.1 Å². The maximum absolute atomic E-state index is 14.0. The van der Waals surface area contributed by atoms with Crippen molar-refractivity contribution in [1.82, 2.24) is 0 Å². The fraction of sp³-hybridized carbons (Fsp3) is 0.250. The van der Waals surface area contributed by atoms with Crippen LogP contribution in [0.5, 0.6) is 0 Å². The minimum atomic E-state index is -4.06. The Balaban J connectivity index is 1.76. The van der Waals surface area contributed by atoms with Gasteiger partial charge in [0, 0.05) is 17.1 Å². The minimum Gasteiger partial charge on any atom is -0.466 e. The molecule has 0 bridgehead atoms. The number of ether oxygens (including phenoxy) is 1. The molecule has 3 aromatic rings. The van der Waals surface area contributed by atoms with Crippen LogP contribution >= 0.6 is 0 Å². The maximum Gasteiger partial charge on any atom is 0.334 e.